The maximum atomic E-state index is 6.02. The summed E-state index contributed by atoms with van der Waals surface area (Å²) >= 11 is 0. The molecule has 7 heteroatoms. The van der Waals surface area contributed by atoms with Crippen LogP contribution in [-0.4, -0.2) is 34.9 Å². The lowest BCUT2D eigenvalue weighted by Crippen LogP contribution is -2.42. The lowest BCUT2D eigenvalue weighted by molar-refractivity contribution is 0.235. The fourth-order valence-corrected chi connectivity index (χ4v) is 3.52. The van der Waals surface area contributed by atoms with Crippen molar-refractivity contribution in [2.45, 2.75) is 32.5 Å². The van der Waals surface area contributed by atoms with E-state index in [-0.39, 0.29) is 30.1 Å². The van der Waals surface area contributed by atoms with Crippen molar-refractivity contribution < 1.29 is 4.74 Å². The van der Waals surface area contributed by atoms with Gasteiger partial charge in [-0.05, 0) is 35.7 Å². The zero-order valence-electron chi connectivity index (χ0n) is 17.1. The predicted molar refractivity (Wildman–Crippen MR) is 131 cm³/mol. The molecule has 0 bridgehead atoms. The molecule has 0 saturated heterocycles. The molecule has 4 rings (SSSR count). The first-order valence-corrected chi connectivity index (χ1v) is 10.1. The SMILES string of the molecule is CCNC(=NCc1ccccc1Cn1cccn1)NCC1Cc2ccccc2O1.I. The Bertz CT molecular complexity index is 933. The molecule has 1 aliphatic rings. The first kappa shape index (κ1) is 22.1. The molecule has 3 aromatic rings. The summed E-state index contributed by atoms with van der Waals surface area (Å²) in [5.74, 6) is 1.80. The van der Waals surface area contributed by atoms with Crippen molar-refractivity contribution in [1.29, 1.82) is 0 Å². The van der Waals surface area contributed by atoms with Gasteiger partial charge in [0.05, 0.1) is 19.6 Å². The van der Waals surface area contributed by atoms with Crippen LogP contribution in [0.3, 0.4) is 0 Å². The summed E-state index contributed by atoms with van der Waals surface area (Å²) < 4.78 is 7.95. The number of rotatable bonds is 7. The third kappa shape index (κ3) is 5.75. The van der Waals surface area contributed by atoms with E-state index in [1.54, 1.807) is 6.20 Å². The molecular formula is C23H28IN5O. The van der Waals surface area contributed by atoms with Crippen LogP contribution in [0.1, 0.15) is 23.6 Å². The summed E-state index contributed by atoms with van der Waals surface area (Å²) in [6.07, 6.45) is 4.83. The van der Waals surface area contributed by atoms with Crippen LogP contribution in [0.2, 0.25) is 0 Å². The van der Waals surface area contributed by atoms with Crippen LogP contribution in [0.5, 0.6) is 5.75 Å². The van der Waals surface area contributed by atoms with Gasteiger partial charge in [-0.2, -0.15) is 5.10 Å². The summed E-state index contributed by atoms with van der Waals surface area (Å²) in [7, 11) is 0. The van der Waals surface area contributed by atoms with Gasteiger partial charge in [0, 0.05) is 25.4 Å². The van der Waals surface area contributed by atoms with Crippen LogP contribution < -0.4 is 15.4 Å². The van der Waals surface area contributed by atoms with Gasteiger partial charge in [0.15, 0.2) is 5.96 Å². The van der Waals surface area contributed by atoms with E-state index in [0.717, 1.165) is 37.8 Å². The normalized spacial score (nSPS) is 15.1. The number of benzene rings is 2. The first-order chi connectivity index (χ1) is 14.3. The molecule has 0 fully saturated rings. The van der Waals surface area contributed by atoms with Crippen LogP contribution in [-0.2, 0) is 19.5 Å². The Morgan fingerprint density at radius 3 is 2.67 bits per heavy atom. The van der Waals surface area contributed by atoms with Crippen molar-refractivity contribution in [3.63, 3.8) is 0 Å². The molecule has 158 valence electrons. The highest BCUT2D eigenvalue weighted by Crippen LogP contribution is 2.27. The largest absolute Gasteiger partial charge is 0.488 e. The number of hydrogen-bond acceptors (Lipinski definition) is 3. The van der Waals surface area contributed by atoms with Crippen LogP contribution >= 0.6 is 24.0 Å². The number of nitrogens with one attached hydrogen (secondary N) is 2. The first-order valence-electron chi connectivity index (χ1n) is 10.1. The zero-order valence-corrected chi connectivity index (χ0v) is 19.5. The summed E-state index contributed by atoms with van der Waals surface area (Å²) in [6, 6.07) is 18.6. The molecule has 1 aliphatic heterocycles. The molecule has 1 aromatic heterocycles. The van der Waals surface area contributed by atoms with E-state index in [4.69, 9.17) is 9.73 Å². The fourth-order valence-electron chi connectivity index (χ4n) is 3.52. The minimum absolute atomic E-state index is 0. The summed E-state index contributed by atoms with van der Waals surface area (Å²) in [4.78, 5) is 4.79. The quantitative estimate of drug-likeness (QED) is 0.286. The predicted octanol–water partition coefficient (Wildman–Crippen LogP) is 3.61. The van der Waals surface area contributed by atoms with Crippen LogP contribution in [0.15, 0.2) is 72.0 Å². The summed E-state index contributed by atoms with van der Waals surface area (Å²) in [5.41, 5.74) is 3.70. The van der Waals surface area contributed by atoms with Crippen LogP contribution in [0, 0.1) is 0 Å². The van der Waals surface area contributed by atoms with Gasteiger partial charge in [0.25, 0.3) is 0 Å². The van der Waals surface area contributed by atoms with Crippen molar-refractivity contribution in [2.75, 3.05) is 13.1 Å². The molecule has 2 N–H and O–H groups in total. The van der Waals surface area contributed by atoms with Crippen molar-refractivity contribution in [3.8, 4) is 5.75 Å². The molecular weight excluding hydrogens is 489 g/mol. The molecule has 6 nitrogen and oxygen atoms in total. The third-order valence-electron chi connectivity index (χ3n) is 4.97. The van der Waals surface area contributed by atoms with Crippen molar-refractivity contribution in [3.05, 3.63) is 83.7 Å². The molecule has 2 heterocycles. The Kier molecular flexibility index (Phi) is 8.12. The number of halogens is 1. The Morgan fingerprint density at radius 2 is 1.90 bits per heavy atom. The fraction of sp³-hybridized carbons (Fsp3) is 0.304. The number of para-hydroxylation sites is 1. The second-order valence-electron chi connectivity index (χ2n) is 7.10. The number of fused-ring (bicyclic) bond motifs is 1. The second kappa shape index (κ2) is 11.0. The highest BCUT2D eigenvalue weighted by Gasteiger charge is 2.22. The van der Waals surface area contributed by atoms with Gasteiger partial charge in [0.1, 0.15) is 11.9 Å². The lowest BCUT2D eigenvalue weighted by Gasteiger charge is -2.16. The second-order valence-corrected chi connectivity index (χ2v) is 7.10. The van der Waals surface area contributed by atoms with Crippen molar-refractivity contribution in [1.82, 2.24) is 20.4 Å². The number of aromatic nitrogens is 2. The van der Waals surface area contributed by atoms with E-state index in [9.17, 15) is 0 Å². The van der Waals surface area contributed by atoms with Gasteiger partial charge in [-0.1, -0.05) is 42.5 Å². The van der Waals surface area contributed by atoms with Crippen molar-refractivity contribution in [2.24, 2.45) is 4.99 Å². The molecule has 0 radical (unpaired) electrons. The highest BCUT2D eigenvalue weighted by molar-refractivity contribution is 14.0. The smallest absolute Gasteiger partial charge is 0.191 e. The van der Waals surface area contributed by atoms with Gasteiger partial charge in [-0.25, -0.2) is 4.99 Å². The molecule has 0 aliphatic carbocycles. The van der Waals surface area contributed by atoms with Gasteiger partial charge < -0.3 is 15.4 Å². The average Bonchev–Trinajstić information content (AvgIpc) is 3.40. The topological polar surface area (TPSA) is 63.5 Å². The number of nitrogens with zero attached hydrogens (tertiary/aromatic N) is 3. The minimum atomic E-state index is 0. The number of hydrogen-bond donors (Lipinski definition) is 2. The van der Waals surface area contributed by atoms with E-state index < -0.39 is 0 Å². The maximum Gasteiger partial charge on any atom is 0.191 e. The van der Waals surface area contributed by atoms with E-state index in [2.05, 4.69) is 59.1 Å². The Morgan fingerprint density at radius 1 is 1.10 bits per heavy atom. The molecule has 0 saturated carbocycles. The van der Waals surface area contributed by atoms with Gasteiger partial charge in [-0.3, -0.25) is 4.68 Å². The van der Waals surface area contributed by atoms with E-state index >= 15 is 0 Å². The number of aliphatic imine (C=N–C) groups is 1. The highest BCUT2D eigenvalue weighted by atomic mass is 127. The van der Waals surface area contributed by atoms with E-state index in [1.807, 2.05) is 29.1 Å². The van der Waals surface area contributed by atoms with E-state index in [0.29, 0.717) is 6.54 Å². The Hall–Kier alpha value is -2.55. The molecule has 0 amide bonds. The van der Waals surface area contributed by atoms with E-state index in [1.165, 1.54) is 16.7 Å². The van der Waals surface area contributed by atoms with Crippen LogP contribution in [0.4, 0.5) is 0 Å². The third-order valence-corrected chi connectivity index (χ3v) is 4.97. The zero-order chi connectivity index (χ0) is 19.9. The lowest BCUT2D eigenvalue weighted by atomic mass is 10.1. The Labute approximate surface area is 194 Å². The summed E-state index contributed by atoms with van der Waals surface area (Å²) in [5, 5.41) is 11.1. The molecule has 30 heavy (non-hydrogen) atoms. The molecule has 1 unspecified atom stereocenters. The van der Waals surface area contributed by atoms with Crippen LogP contribution in [0.25, 0.3) is 0 Å². The molecule has 1 atom stereocenters. The summed E-state index contributed by atoms with van der Waals surface area (Å²) in [6.45, 7) is 4.96. The van der Waals surface area contributed by atoms with Gasteiger partial charge >= 0.3 is 0 Å². The minimum Gasteiger partial charge on any atom is -0.488 e. The molecule has 0 spiro atoms. The maximum absolute atomic E-state index is 6.02. The monoisotopic (exact) mass is 517 g/mol. The standard InChI is InChI=1S/C23H27N5O.HI/c1-2-24-23(26-16-21-14-18-8-5-6-11-22(18)29-21)25-15-19-9-3-4-10-20(19)17-28-13-7-12-27-28;/h3-13,21H,2,14-17H2,1H3,(H2,24,25,26);1H. The van der Waals surface area contributed by atoms with Crippen molar-refractivity contribution >= 4 is 29.9 Å². The number of guanidine groups is 1. The number of ether oxygens (including phenoxy) is 1. The Balaban J connectivity index is 0.00000256. The van der Waals surface area contributed by atoms with Gasteiger partial charge in [0.2, 0.25) is 0 Å². The molecule has 2 aromatic carbocycles. The van der Waals surface area contributed by atoms with Gasteiger partial charge in [-0.15, -0.1) is 24.0 Å². The average molecular weight is 517 g/mol.